The number of hydrogen-bond donors (Lipinski definition) is 1. The SMILES string of the molecule is C=CC1(C)CCC(C(C)C(=O)C(O)C=C(C)C)C12C(=O)Oc1cc(OC)ccc1C2=O. The van der Waals surface area contributed by atoms with Crippen molar-refractivity contribution in [3.05, 3.63) is 48.1 Å². The van der Waals surface area contributed by atoms with E-state index in [2.05, 4.69) is 6.58 Å². The average molecular weight is 427 g/mol. The quantitative estimate of drug-likeness (QED) is 0.321. The van der Waals surface area contributed by atoms with E-state index in [1.54, 1.807) is 39.0 Å². The molecule has 166 valence electrons. The summed E-state index contributed by atoms with van der Waals surface area (Å²) in [6.07, 6.45) is 2.78. The van der Waals surface area contributed by atoms with Gasteiger partial charge in [0.2, 0.25) is 0 Å². The van der Waals surface area contributed by atoms with Crippen molar-refractivity contribution in [2.24, 2.45) is 22.7 Å². The van der Waals surface area contributed by atoms with Gasteiger partial charge in [0.15, 0.2) is 11.6 Å². The first kappa shape index (κ1) is 22.9. The minimum Gasteiger partial charge on any atom is -0.497 e. The number of allylic oxidation sites excluding steroid dienone is 2. The second-order valence-corrected chi connectivity index (χ2v) is 9.04. The van der Waals surface area contributed by atoms with E-state index in [0.717, 1.165) is 5.57 Å². The Bertz CT molecular complexity index is 972. The van der Waals surface area contributed by atoms with Crippen LogP contribution in [-0.2, 0) is 9.59 Å². The number of hydrogen-bond acceptors (Lipinski definition) is 6. The molecule has 6 nitrogen and oxygen atoms in total. The highest BCUT2D eigenvalue weighted by molar-refractivity contribution is 6.18. The summed E-state index contributed by atoms with van der Waals surface area (Å²) >= 11 is 0. The van der Waals surface area contributed by atoms with Gasteiger partial charge in [0.25, 0.3) is 0 Å². The maximum absolute atomic E-state index is 13.9. The summed E-state index contributed by atoms with van der Waals surface area (Å²) in [7, 11) is 1.49. The number of ether oxygens (including phenoxy) is 2. The molecule has 0 saturated heterocycles. The van der Waals surface area contributed by atoms with Crippen molar-refractivity contribution in [3.63, 3.8) is 0 Å². The minimum atomic E-state index is -1.59. The highest BCUT2D eigenvalue weighted by Gasteiger charge is 2.69. The number of aliphatic hydroxyl groups excluding tert-OH is 1. The third kappa shape index (κ3) is 3.33. The number of esters is 1. The number of fused-ring (bicyclic) bond motifs is 1. The molecule has 5 unspecified atom stereocenters. The van der Waals surface area contributed by atoms with Gasteiger partial charge in [-0.25, -0.2) is 0 Å². The molecule has 0 amide bonds. The standard InChI is InChI=1S/C25H30O6/c1-7-24(5)11-10-18(15(4)21(27)19(26)12-14(2)3)25(24)22(28)17-9-8-16(30-6)13-20(17)31-23(25)29/h7-9,12-13,15,18-19,26H,1,10-11H2,2-6H3. The molecule has 1 aromatic carbocycles. The molecule has 1 saturated carbocycles. The van der Waals surface area contributed by atoms with Gasteiger partial charge in [-0.3, -0.25) is 14.4 Å². The lowest BCUT2D eigenvalue weighted by atomic mass is 9.56. The van der Waals surface area contributed by atoms with E-state index in [9.17, 15) is 19.5 Å². The minimum absolute atomic E-state index is 0.153. The van der Waals surface area contributed by atoms with E-state index < -0.39 is 40.5 Å². The van der Waals surface area contributed by atoms with Crippen LogP contribution in [0.3, 0.4) is 0 Å². The highest BCUT2D eigenvalue weighted by atomic mass is 16.5. The van der Waals surface area contributed by atoms with Crippen molar-refractivity contribution in [1.82, 2.24) is 0 Å². The lowest BCUT2D eigenvalue weighted by Crippen LogP contribution is -2.58. The van der Waals surface area contributed by atoms with Gasteiger partial charge in [-0.05, 0) is 44.7 Å². The first-order valence-electron chi connectivity index (χ1n) is 10.5. The molecule has 0 aromatic heterocycles. The van der Waals surface area contributed by atoms with E-state index in [-0.39, 0.29) is 17.1 Å². The zero-order valence-corrected chi connectivity index (χ0v) is 18.7. The van der Waals surface area contributed by atoms with E-state index in [1.165, 1.54) is 19.3 Å². The second-order valence-electron chi connectivity index (χ2n) is 9.04. The van der Waals surface area contributed by atoms with Crippen LogP contribution in [0.15, 0.2) is 42.5 Å². The van der Waals surface area contributed by atoms with Gasteiger partial charge in [0.05, 0.1) is 12.7 Å². The van der Waals surface area contributed by atoms with Crippen LogP contribution in [0.4, 0.5) is 0 Å². The molecule has 0 radical (unpaired) electrons. The van der Waals surface area contributed by atoms with Crippen molar-refractivity contribution < 1.29 is 29.0 Å². The van der Waals surface area contributed by atoms with Crippen molar-refractivity contribution in [2.45, 2.75) is 46.6 Å². The third-order valence-electron chi connectivity index (χ3n) is 7.03. The van der Waals surface area contributed by atoms with Crippen molar-refractivity contribution in [2.75, 3.05) is 7.11 Å². The number of carbonyl (C=O) groups is 3. The number of ketones is 2. The molecule has 1 aliphatic carbocycles. The molecule has 6 heteroatoms. The fraction of sp³-hybridized carbons (Fsp3) is 0.480. The van der Waals surface area contributed by atoms with Gasteiger partial charge in [-0.15, -0.1) is 6.58 Å². The average Bonchev–Trinajstić information content (AvgIpc) is 3.04. The van der Waals surface area contributed by atoms with Crippen LogP contribution in [0.25, 0.3) is 0 Å². The van der Waals surface area contributed by atoms with Crippen LogP contribution >= 0.6 is 0 Å². The molecule has 5 atom stereocenters. The largest absolute Gasteiger partial charge is 0.497 e. The molecule has 1 N–H and O–H groups in total. The van der Waals surface area contributed by atoms with Crippen LogP contribution in [0.1, 0.15) is 50.9 Å². The normalized spacial score (nSPS) is 29.0. The molecule has 2 aliphatic rings. The maximum Gasteiger partial charge on any atom is 0.326 e. The summed E-state index contributed by atoms with van der Waals surface area (Å²) in [4.78, 5) is 40.5. The molecule has 0 bridgehead atoms. The lowest BCUT2D eigenvalue weighted by Gasteiger charge is -2.45. The first-order chi connectivity index (χ1) is 14.5. The van der Waals surface area contributed by atoms with Crippen LogP contribution in [0.2, 0.25) is 0 Å². The van der Waals surface area contributed by atoms with Crippen molar-refractivity contribution in [1.29, 1.82) is 0 Å². The van der Waals surface area contributed by atoms with Crippen molar-refractivity contribution >= 4 is 17.5 Å². The molecular weight excluding hydrogens is 396 g/mol. The van der Waals surface area contributed by atoms with E-state index in [4.69, 9.17) is 9.47 Å². The van der Waals surface area contributed by atoms with Gasteiger partial charge in [0, 0.05) is 17.4 Å². The second kappa shape index (κ2) is 8.08. The van der Waals surface area contributed by atoms with Gasteiger partial charge in [-0.1, -0.05) is 31.6 Å². The summed E-state index contributed by atoms with van der Waals surface area (Å²) < 4.78 is 10.9. The topological polar surface area (TPSA) is 89.9 Å². The van der Waals surface area contributed by atoms with Crippen LogP contribution in [-0.4, -0.2) is 35.9 Å². The van der Waals surface area contributed by atoms with Gasteiger partial charge in [-0.2, -0.15) is 0 Å². The fourth-order valence-electron chi connectivity index (χ4n) is 5.25. The number of aliphatic hydroxyl groups is 1. The molecule has 1 fully saturated rings. The fourth-order valence-corrected chi connectivity index (χ4v) is 5.25. The Morgan fingerprint density at radius 2 is 2.03 bits per heavy atom. The molecule has 1 aromatic rings. The summed E-state index contributed by atoms with van der Waals surface area (Å²) in [5.74, 6) is -2.21. The molecule has 3 rings (SSSR count). The number of rotatable bonds is 6. The smallest absolute Gasteiger partial charge is 0.326 e. The zero-order chi connectivity index (χ0) is 23.1. The van der Waals surface area contributed by atoms with Gasteiger partial charge >= 0.3 is 5.97 Å². The molecular formula is C25H30O6. The Hall–Kier alpha value is -2.73. The predicted octanol–water partition coefficient (Wildman–Crippen LogP) is 3.92. The van der Waals surface area contributed by atoms with E-state index in [1.807, 2.05) is 6.92 Å². The number of carbonyl (C=O) groups excluding carboxylic acids is 3. The molecule has 31 heavy (non-hydrogen) atoms. The van der Waals surface area contributed by atoms with Gasteiger partial charge < -0.3 is 14.6 Å². The van der Waals surface area contributed by atoms with E-state index >= 15 is 0 Å². The zero-order valence-electron chi connectivity index (χ0n) is 18.7. The highest BCUT2D eigenvalue weighted by Crippen LogP contribution is 2.63. The van der Waals surface area contributed by atoms with Crippen molar-refractivity contribution in [3.8, 4) is 11.5 Å². The maximum atomic E-state index is 13.9. The Labute approximate surface area is 182 Å². The summed E-state index contributed by atoms with van der Waals surface area (Å²) in [6.45, 7) is 11.0. The third-order valence-corrected chi connectivity index (χ3v) is 7.03. The summed E-state index contributed by atoms with van der Waals surface area (Å²) in [5, 5.41) is 10.4. The Morgan fingerprint density at radius 3 is 2.61 bits per heavy atom. The molecule has 1 aliphatic heterocycles. The summed E-state index contributed by atoms with van der Waals surface area (Å²) in [5.41, 5.74) is -1.39. The number of methoxy groups -OCH3 is 1. The number of Topliss-reactive ketones (excluding diaryl/α,β-unsaturated/α-hetero) is 2. The van der Waals surface area contributed by atoms with Gasteiger partial charge in [0.1, 0.15) is 23.0 Å². The predicted molar refractivity (Wildman–Crippen MR) is 116 cm³/mol. The summed E-state index contributed by atoms with van der Waals surface area (Å²) in [6, 6.07) is 4.75. The van der Waals surface area contributed by atoms with Crippen LogP contribution < -0.4 is 9.47 Å². The Balaban J connectivity index is 2.14. The number of benzene rings is 1. The Kier molecular flexibility index (Phi) is 5.98. The Morgan fingerprint density at radius 1 is 1.35 bits per heavy atom. The van der Waals surface area contributed by atoms with Crippen LogP contribution in [0, 0.1) is 22.7 Å². The van der Waals surface area contributed by atoms with E-state index in [0.29, 0.717) is 18.6 Å². The molecule has 1 heterocycles. The first-order valence-corrected chi connectivity index (χ1v) is 10.5. The monoisotopic (exact) mass is 426 g/mol. The van der Waals surface area contributed by atoms with Crippen LogP contribution in [0.5, 0.6) is 11.5 Å². The molecule has 1 spiro atoms. The lowest BCUT2D eigenvalue weighted by molar-refractivity contribution is -0.152.